The molecule has 0 aliphatic heterocycles. The van der Waals surface area contributed by atoms with Crippen molar-refractivity contribution in [2.24, 2.45) is 0 Å². The number of aliphatic carboxylic acids is 1. The molecule has 0 saturated carbocycles. The van der Waals surface area contributed by atoms with Crippen LogP contribution in [0.5, 0.6) is 0 Å². The number of carboxylic acid groups (broad SMARTS) is 1. The standard InChI is InChI=1S/C14H15FN2O3/c1-14(2,13(19)20)17(8-4-7-16)12(18)10-5-3-6-11(15)9-10/h3,5-6,9H,4,8H2,1-2H3,(H,19,20). The first-order valence-electron chi connectivity index (χ1n) is 5.98. The molecule has 106 valence electrons. The molecule has 0 aliphatic carbocycles. The Hall–Kier alpha value is -2.42. The summed E-state index contributed by atoms with van der Waals surface area (Å²) in [6, 6.07) is 6.88. The first kappa shape index (κ1) is 15.6. The number of nitrogens with zero attached hydrogens (tertiary/aromatic N) is 2. The zero-order valence-electron chi connectivity index (χ0n) is 11.3. The molecule has 6 heteroatoms. The normalized spacial score (nSPS) is 10.7. The van der Waals surface area contributed by atoms with E-state index in [-0.39, 0.29) is 18.5 Å². The number of rotatable bonds is 5. The highest BCUT2D eigenvalue weighted by Crippen LogP contribution is 2.19. The minimum Gasteiger partial charge on any atom is -0.480 e. The Labute approximate surface area is 116 Å². The van der Waals surface area contributed by atoms with Crippen LogP contribution >= 0.6 is 0 Å². The van der Waals surface area contributed by atoms with Crippen LogP contribution in [0.2, 0.25) is 0 Å². The highest BCUT2D eigenvalue weighted by Gasteiger charge is 2.37. The molecular formula is C14H15FN2O3. The summed E-state index contributed by atoms with van der Waals surface area (Å²) < 4.78 is 13.2. The minimum absolute atomic E-state index is 0.00222. The summed E-state index contributed by atoms with van der Waals surface area (Å²) in [5.41, 5.74) is -1.43. The average molecular weight is 278 g/mol. The number of hydrogen-bond acceptors (Lipinski definition) is 3. The van der Waals surface area contributed by atoms with Gasteiger partial charge in [-0.3, -0.25) is 4.79 Å². The largest absolute Gasteiger partial charge is 0.480 e. The number of benzene rings is 1. The van der Waals surface area contributed by atoms with Crippen LogP contribution in [0, 0.1) is 17.1 Å². The molecule has 20 heavy (non-hydrogen) atoms. The van der Waals surface area contributed by atoms with Crippen molar-refractivity contribution in [1.29, 1.82) is 5.26 Å². The monoisotopic (exact) mass is 278 g/mol. The molecule has 0 heterocycles. The fourth-order valence-electron chi connectivity index (χ4n) is 1.69. The van der Waals surface area contributed by atoms with Gasteiger partial charge in [0.2, 0.25) is 0 Å². The molecule has 5 nitrogen and oxygen atoms in total. The molecule has 0 bridgehead atoms. The Morgan fingerprint density at radius 2 is 2.10 bits per heavy atom. The van der Waals surface area contributed by atoms with Crippen LogP contribution in [0.1, 0.15) is 30.6 Å². The summed E-state index contributed by atoms with van der Waals surface area (Å²) in [6.45, 7) is 2.69. The van der Waals surface area contributed by atoms with Gasteiger partial charge in [-0.1, -0.05) is 6.07 Å². The Bertz CT molecular complexity index is 564. The molecule has 0 atom stereocenters. The number of carbonyl (C=O) groups excluding carboxylic acids is 1. The van der Waals surface area contributed by atoms with Gasteiger partial charge >= 0.3 is 5.97 Å². The van der Waals surface area contributed by atoms with Crippen LogP contribution in [-0.4, -0.2) is 34.0 Å². The highest BCUT2D eigenvalue weighted by atomic mass is 19.1. The third-order valence-electron chi connectivity index (χ3n) is 2.96. The van der Waals surface area contributed by atoms with E-state index in [9.17, 15) is 19.1 Å². The molecular weight excluding hydrogens is 263 g/mol. The summed E-state index contributed by atoms with van der Waals surface area (Å²) in [5.74, 6) is -2.39. The number of carbonyl (C=O) groups is 2. The molecule has 1 amide bonds. The van der Waals surface area contributed by atoms with Crippen LogP contribution in [0.15, 0.2) is 24.3 Å². The van der Waals surface area contributed by atoms with E-state index in [0.717, 1.165) is 11.0 Å². The van der Waals surface area contributed by atoms with E-state index in [4.69, 9.17) is 5.26 Å². The Balaban J connectivity index is 3.14. The van der Waals surface area contributed by atoms with E-state index in [1.54, 1.807) is 0 Å². The van der Waals surface area contributed by atoms with Gasteiger partial charge in [-0.25, -0.2) is 9.18 Å². The minimum atomic E-state index is -1.49. The van der Waals surface area contributed by atoms with E-state index < -0.39 is 23.2 Å². The van der Waals surface area contributed by atoms with E-state index in [0.29, 0.717) is 0 Å². The van der Waals surface area contributed by atoms with E-state index in [2.05, 4.69) is 0 Å². The van der Waals surface area contributed by atoms with Gasteiger partial charge in [0.25, 0.3) is 5.91 Å². The van der Waals surface area contributed by atoms with Gasteiger partial charge in [0.1, 0.15) is 11.4 Å². The number of halogens is 1. The lowest BCUT2D eigenvalue weighted by Gasteiger charge is -2.34. The van der Waals surface area contributed by atoms with Gasteiger partial charge in [0.05, 0.1) is 12.5 Å². The molecule has 0 aliphatic rings. The predicted octanol–water partition coefficient (Wildman–Crippen LogP) is 2.04. The molecule has 0 radical (unpaired) electrons. The zero-order chi connectivity index (χ0) is 15.3. The van der Waals surface area contributed by atoms with Crippen LogP contribution in [0.4, 0.5) is 4.39 Å². The van der Waals surface area contributed by atoms with E-state index in [1.807, 2.05) is 6.07 Å². The molecule has 1 N–H and O–H groups in total. The van der Waals surface area contributed by atoms with Crippen LogP contribution in [0.25, 0.3) is 0 Å². The number of hydrogen-bond donors (Lipinski definition) is 1. The molecule has 0 unspecified atom stereocenters. The third-order valence-corrected chi connectivity index (χ3v) is 2.96. The number of carboxylic acids is 1. The average Bonchev–Trinajstić information content (AvgIpc) is 2.38. The molecule has 1 aromatic carbocycles. The van der Waals surface area contributed by atoms with Crippen molar-refractivity contribution in [2.45, 2.75) is 25.8 Å². The third kappa shape index (κ3) is 3.32. The topological polar surface area (TPSA) is 81.4 Å². The van der Waals surface area contributed by atoms with E-state index in [1.165, 1.54) is 32.0 Å². The molecule has 1 aromatic rings. The van der Waals surface area contributed by atoms with Gasteiger partial charge in [-0.05, 0) is 32.0 Å². The first-order chi connectivity index (χ1) is 9.30. The summed E-state index contributed by atoms with van der Waals surface area (Å²) in [5, 5.41) is 17.8. The molecule has 1 rings (SSSR count). The smallest absolute Gasteiger partial charge is 0.329 e. The van der Waals surface area contributed by atoms with Crippen LogP contribution < -0.4 is 0 Å². The lowest BCUT2D eigenvalue weighted by molar-refractivity contribution is -0.147. The van der Waals surface area contributed by atoms with Crippen molar-refractivity contribution in [2.75, 3.05) is 6.54 Å². The van der Waals surface area contributed by atoms with Crippen molar-refractivity contribution < 1.29 is 19.1 Å². The molecule has 0 aromatic heterocycles. The molecule has 0 spiro atoms. The van der Waals surface area contributed by atoms with Crippen LogP contribution in [-0.2, 0) is 4.79 Å². The fraction of sp³-hybridized carbons (Fsp3) is 0.357. The summed E-state index contributed by atoms with van der Waals surface area (Å²) in [7, 11) is 0. The first-order valence-corrected chi connectivity index (χ1v) is 5.98. The predicted molar refractivity (Wildman–Crippen MR) is 69.4 cm³/mol. The van der Waals surface area contributed by atoms with Crippen LogP contribution in [0.3, 0.4) is 0 Å². The zero-order valence-corrected chi connectivity index (χ0v) is 11.3. The molecule has 0 saturated heterocycles. The summed E-state index contributed by atoms with van der Waals surface area (Å²) in [4.78, 5) is 24.7. The Morgan fingerprint density at radius 1 is 1.45 bits per heavy atom. The maximum Gasteiger partial charge on any atom is 0.329 e. The number of nitriles is 1. The van der Waals surface area contributed by atoms with Crippen molar-refractivity contribution in [3.63, 3.8) is 0 Å². The van der Waals surface area contributed by atoms with E-state index >= 15 is 0 Å². The maximum atomic E-state index is 13.2. The second-order valence-corrected chi connectivity index (χ2v) is 4.74. The molecule has 0 fully saturated rings. The van der Waals surface area contributed by atoms with Gasteiger partial charge in [0, 0.05) is 12.1 Å². The second-order valence-electron chi connectivity index (χ2n) is 4.74. The van der Waals surface area contributed by atoms with Gasteiger partial charge < -0.3 is 10.0 Å². The summed E-state index contributed by atoms with van der Waals surface area (Å²) in [6.07, 6.45) is -0.00222. The highest BCUT2D eigenvalue weighted by molar-refractivity contribution is 5.97. The lowest BCUT2D eigenvalue weighted by Crippen LogP contribution is -2.53. The van der Waals surface area contributed by atoms with Crippen molar-refractivity contribution in [3.8, 4) is 6.07 Å². The SMILES string of the molecule is CC(C)(C(=O)O)N(CCC#N)C(=O)c1cccc(F)c1. The lowest BCUT2D eigenvalue weighted by atomic mass is 10.0. The number of amides is 1. The fourth-order valence-corrected chi connectivity index (χ4v) is 1.69. The van der Waals surface area contributed by atoms with Gasteiger partial charge in [0.15, 0.2) is 0 Å². The Morgan fingerprint density at radius 3 is 2.60 bits per heavy atom. The summed E-state index contributed by atoms with van der Waals surface area (Å²) >= 11 is 0. The Kier molecular flexibility index (Phi) is 4.81. The second kappa shape index (κ2) is 6.15. The van der Waals surface area contributed by atoms with Crippen molar-refractivity contribution in [3.05, 3.63) is 35.6 Å². The van der Waals surface area contributed by atoms with Crippen molar-refractivity contribution in [1.82, 2.24) is 4.90 Å². The van der Waals surface area contributed by atoms with Gasteiger partial charge in [-0.15, -0.1) is 0 Å². The maximum absolute atomic E-state index is 13.2. The van der Waals surface area contributed by atoms with Gasteiger partial charge in [-0.2, -0.15) is 5.26 Å². The quantitative estimate of drug-likeness (QED) is 0.893. The van der Waals surface area contributed by atoms with Crippen molar-refractivity contribution >= 4 is 11.9 Å².